The molecule has 23 heavy (non-hydrogen) atoms. The third-order valence-corrected chi connectivity index (χ3v) is 4.44. The molecule has 0 aromatic carbocycles. The van der Waals surface area contributed by atoms with Gasteiger partial charge in [0, 0.05) is 32.6 Å². The predicted octanol–water partition coefficient (Wildman–Crippen LogP) is 1.42. The van der Waals surface area contributed by atoms with E-state index in [1.54, 1.807) is 7.05 Å². The van der Waals surface area contributed by atoms with Gasteiger partial charge in [-0.05, 0) is 25.7 Å². The van der Waals surface area contributed by atoms with Crippen LogP contribution in [0.5, 0.6) is 0 Å². The average molecular weight is 324 g/mol. The van der Waals surface area contributed by atoms with E-state index < -0.39 is 0 Å². The molecule has 0 unspecified atom stereocenters. The molecule has 0 bridgehead atoms. The van der Waals surface area contributed by atoms with Gasteiger partial charge in [-0.3, -0.25) is 9.79 Å². The van der Waals surface area contributed by atoms with Gasteiger partial charge in [0.25, 0.3) is 0 Å². The summed E-state index contributed by atoms with van der Waals surface area (Å²) in [5, 5.41) is 9.38. The van der Waals surface area contributed by atoms with Crippen LogP contribution in [-0.4, -0.2) is 51.3 Å². The van der Waals surface area contributed by atoms with Crippen LogP contribution in [0.4, 0.5) is 0 Å². The lowest BCUT2D eigenvalue weighted by atomic mass is 10.1. The summed E-state index contributed by atoms with van der Waals surface area (Å²) in [6.45, 7) is 2.78. The zero-order valence-corrected chi connectivity index (χ0v) is 14.4. The maximum absolute atomic E-state index is 11.5. The number of ether oxygens (including phenoxy) is 1. The van der Waals surface area contributed by atoms with Crippen molar-refractivity contribution in [3.8, 4) is 0 Å². The second kappa shape index (κ2) is 10.5. The van der Waals surface area contributed by atoms with E-state index in [9.17, 15) is 4.79 Å². The van der Waals surface area contributed by atoms with Crippen molar-refractivity contribution in [1.82, 2.24) is 16.0 Å². The van der Waals surface area contributed by atoms with Crippen LogP contribution in [0.2, 0.25) is 0 Å². The molecule has 0 saturated heterocycles. The molecule has 3 N–H and O–H groups in total. The summed E-state index contributed by atoms with van der Waals surface area (Å²) in [5.41, 5.74) is 0. The molecule has 2 fully saturated rings. The first-order chi connectivity index (χ1) is 11.3. The van der Waals surface area contributed by atoms with E-state index in [0.29, 0.717) is 25.8 Å². The van der Waals surface area contributed by atoms with E-state index in [-0.39, 0.29) is 11.8 Å². The minimum Gasteiger partial charge on any atom is -0.376 e. The average Bonchev–Trinajstić information content (AvgIpc) is 3.40. The van der Waals surface area contributed by atoms with Gasteiger partial charge in [0.05, 0.1) is 12.7 Å². The van der Waals surface area contributed by atoms with E-state index in [1.807, 2.05) is 0 Å². The molecule has 2 saturated carbocycles. The van der Waals surface area contributed by atoms with Gasteiger partial charge in [-0.2, -0.15) is 0 Å². The van der Waals surface area contributed by atoms with Crippen LogP contribution in [0.25, 0.3) is 0 Å². The number of nitrogens with one attached hydrogen (secondary N) is 3. The van der Waals surface area contributed by atoms with Crippen LogP contribution in [-0.2, 0) is 9.53 Å². The molecule has 132 valence electrons. The predicted molar refractivity (Wildman–Crippen MR) is 92.5 cm³/mol. The fourth-order valence-corrected chi connectivity index (χ4v) is 2.88. The molecule has 6 nitrogen and oxygen atoms in total. The topological polar surface area (TPSA) is 74.8 Å². The van der Waals surface area contributed by atoms with Crippen molar-refractivity contribution in [2.45, 2.75) is 57.5 Å². The van der Waals surface area contributed by atoms with Crippen molar-refractivity contribution in [2.24, 2.45) is 10.9 Å². The largest absolute Gasteiger partial charge is 0.376 e. The molecule has 0 spiro atoms. The number of guanidine groups is 1. The third-order valence-electron chi connectivity index (χ3n) is 4.44. The van der Waals surface area contributed by atoms with Crippen molar-refractivity contribution in [1.29, 1.82) is 0 Å². The normalized spacial score (nSPS) is 20.0. The van der Waals surface area contributed by atoms with E-state index in [0.717, 1.165) is 25.3 Å². The van der Waals surface area contributed by atoms with Gasteiger partial charge in [0.1, 0.15) is 0 Å². The molecular weight excluding hydrogens is 292 g/mol. The SMILES string of the molecule is CN=C(NCCNC(=O)C1CC1)NCCOC1CCCCCC1. The van der Waals surface area contributed by atoms with Crippen molar-refractivity contribution in [2.75, 3.05) is 33.3 Å². The van der Waals surface area contributed by atoms with E-state index in [1.165, 1.54) is 38.5 Å². The lowest BCUT2D eigenvalue weighted by Crippen LogP contribution is -2.42. The molecule has 0 radical (unpaired) electrons. The summed E-state index contributed by atoms with van der Waals surface area (Å²) in [6.07, 6.45) is 10.2. The van der Waals surface area contributed by atoms with Gasteiger partial charge in [-0.15, -0.1) is 0 Å². The fourth-order valence-electron chi connectivity index (χ4n) is 2.88. The highest BCUT2D eigenvalue weighted by molar-refractivity contribution is 5.81. The highest BCUT2D eigenvalue weighted by Crippen LogP contribution is 2.28. The standard InChI is InChI=1S/C17H32N4O2/c1-18-17(20-11-10-19-16(22)14-8-9-14)21-12-13-23-15-6-4-2-3-5-7-15/h14-15H,2-13H2,1H3,(H,19,22)(H2,18,20,21). The quantitative estimate of drug-likeness (QED) is 0.273. The summed E-state index contributed by atoms with van der Waals surface area (Å²) in [5.74, 6) is 1.22. The van der Waals surface area contributed by atoms with Crippen molar-refractivity contribution in [3.63, 3.8) is 0 Å². The molecule has 2 aliphatic rings. The number of carbonyl (C=O) groups excluding carboxylic acids is 1. The Hall–Kier alpha value is -1.30. The number of carbonyl (C=O) groups is 1. The van der Waals surface area contributed by atoms with Gasteiger partial charge < -0.3 is 20.7 Å². The second-order valence-corrected chi connectivity index (χ2v) is 6.48. The van der Waals surface area contributed by atoms with Crippen molar-refractivity contribution >= 4 is 11.9 Å². The molecule has 2 rings (SSSR count). The Morgan fingerprint density at radius 2 is 1.61 bits per heavy atom. The summed E-state index contributed by atoms with van der Waals surface area (Å²) in [6, 6.07) is 0. The van der Waals surface area contributed by atoms with Gasteiger partial charge in [-0.1, -0.05) is 25.7 Å². The lowest BCUT2D eigenvalue weighted by Gasteiger charge is -2.17. The highest BCUT2D eigenvalue weighted by Gasteiger charge is 2.28. The number of hydrogen-bond acceptors (Lipinski definition) is 3. The van der Waals surface area contributed by atoms with Gasteiger partial charge in [-0.25, -0.2) is 0 Å². The van der Waals surface area contributed by atoms with Gasteiger partial charge >= 0.3 is 0 Å². The van der Waals surface area contributed by atoms with Crippen LogP contribution in [0.1, 0.15) is 51.4 Å². The first kappa shape index (κ1) is 18.0. The van der Waals surface area contributed by atoms with E-state index in [4.69, 9.17) is 4.74 Å². The summed E-state index contributed by atoms with van der Waals surface area (Å²) in [7, 11) is 1.75. The maximum atomic E-state index is 11.5. The lowest BCUT2D eigenvalue weighted by molar-refractivity contribution is -0.122. The Kier molecular flexibility index (Phi) is 8.21. The smallest absolute Gasteiger partial charge is 0.223 e. The molecular formula is C17H32N4O2. The number of aliphatic imine (C=N–C) groups is 1. The molecule has 6 heteroatoms. The van der Waals surface area contributed by atoms with E-state index in [2.05, 4.69) is 20.9 Å². The molecule has 0 aliphatic heterocycles. The molecule has 1 amide bonds. The number of hydrogen-bond donors (Lipinski definition) is 3. The van der Waals surface area contributed by atoms with Crippen LogP contribution in [0, 0.1) is 5.92 Å². The Bertz CT molecular complexity index is 375. The second-order valence-electron chi connectivity index (χ2n) is 6.48. The zero-order valence-electron chi connectivity index (χ0n) is 14.4. The monoisotopic (exact) mass is 324 g/mol. The Morgan fingerprint density at radius 1 is 0.957 bits per heavy atom. The number of rotatable bonds is 8. The minimum absolute atomic E-state index is 0.187. The fraction of sp³-hybridized carbons (Fsp3) is 0.882. The van der Waals surface area contributed by atoms with Crippen LogP contribution < -0.4 is 16.0 Å². The van der Waals surface area contributed by atoms with Crippen LogP contribution >= 0.6 is 0 Å². The van der Waals surface area contributed by atoms with E-state index >= 15 is 0 Å². The van der Waals surface area contributed by atoms with Crippen LogP contribution in [0.3, 0.4) is 0 Å². The Morgan fingerprint density at radius 3 is 2.26 bits per heavy atom. The highest BCUT2D eigenvalue weighted by atomic mass is 16.5. The van der Waals surface area contributed by atoms with Crippen molar-refractivity contribution in [3.05, 3.63) is 0 Å². The van der Waals surface area contributed by atoms with Crippen molar-refractivity contribution < 1.29 is 9.53 Å². The molecule has 0 heterocycles. The molecule has 0 aromatic heterocycles. The molecule has 2 aliphatic carbocycles. The Balaban J connectivity index is 1.48. The first-order valence-corrected chi connectivity index (χ1v) is 9.13. The Labute approximate surface area is 139 Å². The van der Waals surface area contributed by atoms with Gasteiger partial charge in [0.15, 0.2) is 5.96 Å². The molecule has 0 aromatic rings. The number of amides is 1. The molecule has 0 atom stereocenters. The summed E-state index contributed by atoms with van der Waals surface area (Å²) >= 11 is 0. The minimum atomic E-state index is 0.187. The summed E-state index contributed by atoms with van der Waals surface area (Å²) < 4.78 is 5.95. The summed E-state index contributed by atoms with van der Waals surface area (Å²) in [4.78, 5) is 15.7. The van der Waals surface area contributed by atoms with Gasteiger partial charge in [0.2, 0.25) is 5.91 Å². The van der Waals surface area contributed by atoms with Crippen LogP contribution in [0.15, 0.2) is 4.99 Å². The third kappa shape index (κ3) is 7.68. The number of nitrogens with zero attached hydrogens (tertiary/aromatic N) is 1. The first-order valence-electron chi connectivity index (χ1n) is 9.13. The maximum Gasteiger partial charge on any atom is 0.223 e. The zero-order chi connectivity index (χ0) is 16.3.